The zero-order valence-electron chi connectivity index (χ0n) is 20.6. The Kier molecular flexibility index (Phi) is 8.44. The Morgan fingerprint density at radius 3 is 2.46 bits per heavy atom. The van der Waals surface area contributed by atoms with E-state index >= 15 is 0 Å². The molecule has 13 heteroatoms. The Hall–Kier alpha value is -4.06. The molecule has 1 aromatic heterocycles. The van der Waals surface area contributed by atoms with Gasteiger partial charge in [0.05, 0.1) is 0 Å². The van der Waals surface area contributed by atoms with Crippen molar-refractivity contribution in [3.05, 3.63) is 82.1 Å². The van der Waals surface area contributed by atoms with Crippen LogP contribution in [0.25, 0.3) is 0 Å². The van der Waals surface area contributed by atoms with Gasteiger partial charge in [0.15, 0.2) is 0 Å². The summed E-state index contributed by atoms with van der Waals surface area (Å²) < 4.78 is 5.81. The Labute approximate surface area is 233 Å². The Balaban J connectivity index is 1.58. The average Bonchev–Trinajstić information content (AvgIpc) is 3.22. The van der Waals surface area contributed by atoms with Gasteiger partial charge in [-0.3, -0.25) is 14.8 Å². The van der Waals surface area contributed by atoms with Gasteiger partial charge in [-0.15, -0.1) is 0 Å². The molecule has 4 amide bonds. The molecule has 3 aromatic rings. The number of hydrogen-bond donors (Lipinski definition) is 5. The van der Waals surface area contributed by atoms with E-state index in [2.05, 4.69) is 15.6 Å². The number of benzene rings is 2. The van der Waals surface area contributed by atoms with Crippen molar-refractivity contribution in [1.29, 1.82) is 0 Å². The summed E-state index contributed by atoms with van der Waals surface area (Å²) in [5.74, 6) is -0.846. The van der Waals surface area contributed by atoms with Gasteiger partial charge >= 0.3 is 6.03 Å². The van der Waals surface area contributed by atoms with Crippen LogP contribution in [0.4, 0.5) is 10.5 Å². The zero-order valence-corrected chi connectivity index (χ0v) is 22.2. The summed E-state index contributed by atoms with van der Waals surface area (Å²) in [5.41, 5.74) is 1.53. The van der Waals surface area contributed by atoms with Crippen molar-refractivity contribution in [3.63, 3.8) is 0 Å². The number of carbonyl (C=O) groups excluding carboxylic acids is 3. The van der Waals surface area contributed by atoms with Crippen LogP contribution in [0.1, 0.15) is 24.5 Å². The Morgan fingerprint density at radius 1 is 1.13 bits per heavy atom. The fourth-order valence-corrected chi connectivity index (χ4v) is 4.85. The number of rotatable bonds is 8. The number of halogens is 2. The van der Waals surface area contributed by atoms with Crippen molar-refractivity contribution in [1.82, 2.24) is 20.7 Å². The number of nitrogens with one attached hydrogen (secondary N) is 3. The third kappa shape index (κ3) is 6.33. The second-order valence-electron chi connectivity index (χ2n) is 8.87. The number of ether oxygens (including phenoxy) is 1. The van der Waals surface area contributed by atoms with Crippen molar-refractivity contribution in [2.45, 2.75) is 31.5 Å². The van der Waals surface area contributed by atoms with Crippen LogP contribution in [0, 0.1) is 0 Å². The van der Waals surface area contributed by atoms with Gasteiger partial charge in [0.1, 0.15) is 40.0 Å². The van der Waals surface area contributed by atoms with Gasteiger partial charge in [-0.25, -0.2) is 15.3 Å². The lowest BCUT2D eigenvalue weighted by atomic mass is 9.88. The van der Waals surface area contributed by atoms with E-state index in [0.717, 1.165) is 0 Å². The van der Waals surface area contributed by atoms with Gasteiger partial charge in [0.25, 0.3) is 11.8 Å². The molecule has 1 fully saturated rings. The third-order valence-corrected chi connectivity index (χ3v) is 6.70. The maximum absolute atomic E-state index is 13.7. The minimum absolute atomic E-state index is 0.0404. The number of likely N-dealkylation sites (tertiary alicyclic amines) is 1. The van der Waals surface area contributed by atoms with Gasteiger partial charge in [-0.2, -0.15) is 0 Å². The predicted molar refractivity (Wildman–Crippen MR) is 143 cm³/mol. The van der Waals surface area contributed by atoms with E-state index in [-0.39, 0.29) is 35.6 Å². The molecule has 0 spiro atoms. The van der Waals surface area contributed by atoms with Crippen LogP contribution >= 0.6 is 23.2 Å². The number of carbonyl (C=O) groups is 3. The standard InChI is InChI=1S/C26H25Cl2N5O6/c1-15(23(35)32-38)33-10-9-26(24(33)36,31-25(37)29-18-3-2-4-19(34)13-18)17-5-7-20(8-6-17)39-14-16-11-21(27)30-22(28)12-16/h2-8,11-13,15,34,38H,9-10,14H2,1H3,(H,32,35)(H2,29,31,37). The number of hydrogen-bond acceptors (Lipinski definition) is 7. The Bertz CT molecular complexity index is 1370. The highest BCUT2D eigenvalue weighted by Crippen LogP contribution is 2.36. The molecule has 1 aliphatic heterocycles. The van der Waals surface area contributed by atoms with Crippen molar-refractivity contribution in [2.24, 2.45) is 0 Å². The molecule has 39 heavy (non-hydrogen) atoms. The maximum Gasteiger partial charge on any atom is 0.320 e. The van der Waals surface area contributed by atoms with E-state index < -0.39 is 29.4 Å². The summed E-state index contributed by atoms with van der Waals surface area (Å²) in [4.78, 5) is 43.9. The van der Waals surface area contributed by atoms with Gasteiger partial charge < -0.3 is 25.4 Å². The predicted octanol–water partition coefficient (Wildman–Crippen LogP) is 3.82. The fraction of sp³-hybridized carbons (Fsp3) is 0.231. The van der Waals surface area contributed by atoms with Gasteiger partial charge in [0, 0.05) is 24.7 Å². The number of phenols is 1. The normalized spacial score (nSPS) is 17.4. The molecule has 1 saturated heterocycles. The molecule has 0 saturated carbocycles. The molecule has 4 rings (SSSR count). The van der Waals surface area contributed by atoms with E-state index in [1.807, 2.05) is 0 Å². The van der Waals surface area contributed by atoms with E-state index in [1.165, 1.54) is 24.0 Å². The number of aromatic nitrogens is 1. The average molecular weight is 574 g/mol. The van der Waals surface area contributed by atoms with E-state index in [9.17, 15) is 19.5 Å². The molecule has 2 heterocycles. The second-order valence-corrected chi connectivity index (χ2v) is 9.64. The molecule has 2 atom stereocenters. The molecular formula is C26H25Cl2N5O6. The van der Waals surface area contributed by atoms with Crippen LogP contribution in [0.15, 0.2) is 60.7 Å². The van der Waals surface area contributed by atoms with E-state index in [0.29, 0.717) is 22.6 Å². The molecule has 11 nitrogen and oxygen atoms in total. The third-order valence-electron chi connectivity index (χ3n) is 6.32. The summed E-state index contributed by atoms with van der Waals surface area (Å²) in [6.45, 7) is 1.78. The number of nitrogens with zero attached hydrogens (tertiary/aromatic N) is 2. The smallest absolute Gasteiger partial charge is 0.320 e. The van der Waals surface area contributed by atoms with Gasteiger partial charge in [0.2, 0.25) is 0 Å². The van der Waals surface area contributed by atoms with E-state index in [4.69, 9.17) is 33.1 Å². The molecule has 2 aromatic carbocycles. The van der Waals surface area contributed by atoms with Crippen molar-refractivity contribution < 1.29 is 29.4 Å². The summed E-state index contributed by atoms with van der Waals surface area (Å²) in [7, 11) is 0. The van der Waals surface area contributed by atoms with Gasteiger partial charge in [-0.1, -0.05) is 41.4 Å². The van der Waals surface area contributed by atoms with Crippen molar-refractivity contribution >= 4 is 46.7 Å². The highest BCUT2D eigenvalue weighted by atomic mass is 35.5. The number of anilines is 1. The van der Waals surface area contributed by atoms with Crippen LogP contribution in [-0.2, 0) is 21.7 Å². The minimum atomic E-state index is -1.52. The molecule has 5 N–H and O–H groups in total. The summed E-state index contributed by atoms with van der Waals surface area (Å²) in [5, 5.41) is 24.6. The molecule has 0 aliphatic carbocycles. The number of amides is 4. The SMILES string of the molecule is CC(C(=O)NO)N1CCC(NC(=O)Nc2cccc(O)c2)(c2ccc(OCc3cc(Cl)nc(Cl)c3)cc2)C1=O. The monoisotopic (exact) mass is 573 g/mol. The molecule has 2 unspecified atom stereocenters. The summed E-state index contributed by atoms with van der Waals surface area (Å²) in [6.07, 6.45) is 0.149. The maximum atomic E-state index is 13.7. The van der Waals surface area contributed by atoms with Crippen LogP contribution in [0.5, 0.6) is 11.5 Å². The highest BCUT2D eigenvalue weighted by molar-refractivity contribution is 6.32. The molecule has 0 bridgehead atoms. The molecule has 0 radical (unpaired) electrons. The summed E-state index contributed by atoms with van der Waals surface area (Å²) in [6, 6.07) is 14.1. The first-order chi connectivity index (χ1) is 18.6. The minimum Gasteiger partial charge on any atom is -0.508 e. The lowest BCUT2D eigenvalue weighted by molar-refractivity contribution is -0.143. The highest BCUT2D eigenvalue weighted by Gasteiger charge is 2.51. The number of pyridine rings is 1. The molecular weight excluding hydrogens is 549 g/mol. The first-order valence-electron chi connectivity index (χ1n) is 11.8. The topological polar surface area (TPSA) is 153 Å². The van der Waals surface area contributed by atoms with Crippen molar-refractivity contribution in [2.75, 3.05) is 11.9 Å². The quantitative estimate of drug-likeness (QED) is 0.156. The lowest BCUT2D eigenvalue weighted by Crippen LogP contribution is -2.55. The number of phenolic OH excluding ortho intramolecular Hbond substituents is 1. The van der Waals surface area contributed by atoms with Crippen LogP contribution in [0.3, 0.4) is 0 Å². The zero-order chi connectivity index (χ0) is 28.2. The molecule has 1 aliphatic rings. The van der Waals surface area contributed by atoms with Crippen LogP contribution in [0.2, 0.25) is 10.3 Å². The lowest BCUT2D eigenvalue weighted by Gasteiger charge is -2.31. The summed E-state index contributed by atoms with van der Waals surface area (Å²) >= 11 is 11.9. The Morgan fingerprint density at radius 2 is 1.82 bits per heavy atom. The first-order valence-corrected chi connectivity index (χ1v) is 12.6. The largest absolute Gasteiger partial charge is 0.508 e. The second kappa shape index (κ2) is 11.8. The van der Waals surface area contributed by atoms with Crippen LogP contribution < -0.4 is 20.9 Å². The van der Waals surface area contributed by atoms with Gasteiger partial charge in [-0.05, 0) is 54.4 Å². The molecule has 204 valence electrons. The van der Waals surface area contributed by atoms with E-state index in [1.54, 1.807) is 54.0 Å². The van der Waals surface area contributed by atoms with Crippen molar-refractivity contribution in [3.8, 4) is 11.5 Å². The number of aromatic hydroxyl groups is 1. The fourth-order valence-electron chi connectivity index (χ4n) is 4.34. The number of urea groups is 1. The number of hydroxylamine groups is 1. The first kappa shape index (κ1) is 28.0. The van der Waals surface area contributed by atoms with Crippen LogP contribution in [-0.4, -0.2) is 50.6 Å².